The van der Waals surface area contributed by atoms with Crippen molar-refractivity contribution in [1.29, 1.82) is 0 Å². The van der Waals surface area contributed by atoms with E-state index in [9.17, 15) is 9.59 Å². The van der Waals surface area contributed by atoms with Gasteiger partial charge in [-0.1, -0.05) is 6.92 Å². The highest BCUT2D eigenvalue weighted by molar-refractivity contribution is 14.1. The molecule has 1 atom stereocenters. The predicted octanol–water partition coefficient (Wildman–Crippen LogP) is 2.84. The predicted molar refractivity (Wildman–Crippen MR) is 95.5 cm³/mol. The number of carboxylic acid groups (broad SMARTS) is 1. The Hall–Kier alpha value is 0.150. The van der Waals surface area contributed by atoms with Gasteiger partial charge in [-0.25, -0.2) is 4.79 Å². The van der Waals surface area contributed by atoms with Gasteiger partial charge >= 0.3 is 5.97 Å². The average molecular weight is 601 g/mol. The molecule has 19 heavy (non-hydrogen) atoms. The summed E-state index contributed by atoms with van der Waals surface area (Å²) < 4.78 is 7.51. The lowest BCUT2D eigenvalue weighted by Crippen LogP contribution is -2.27. The maximum atomic E-state index is 11.4. The van der Waals surface area contributed by atoms with Gasteiger partial charge in [-0.2, -0.15) is 0 Å². The van der Waals surface area contributed by atoms with Crippen LogP contribution in [0.3, 0.4) is 0 Å². The van der Waals surface area contributed by atoms with E-state index in [0.717, 1.165) is 7.14 Å². The Morgan fingerprint density at radius 2 is 1.95 bits per heavy atom. The van der Waals surface area contributed by atoms with Crippen LogP contribution in [0, 0.1) is 10.7 Å². The van der Waals surface area contributed by atoms with Gasteiger partial charge < -0.3 is 15.6 Å². The first-order valence-corrected chi connectivity index (χ1v) is 8.39. The number of hydrogen-bond donors (Lipinski definition) is 2. The summed E-state index contributed by atoms with van der Waals surface area (Å²) >= 11 is 6.01. The number of halogens is 3. The lowest BCUT2D eigenvalue weighted by atomic mass is 10.2. The third-order valence-electron chi connectivity index (χ3n) is 2.28. The lowest BCUT2D eigenvalue weighted by molar-refractivity contribution is -0.145. The summed E-state index contributed by atoms with van der Waals surface area (Å²) in [7, 11) is 0. The first-order valence-electron chi connectivity index (χ1n) is 5.16. The first-order chi connectivity index (χ1) is 8.79. The van der Waals surface area contributed by atoms with E-state index in [1.54, 1.807) is 13.0 Å². The van der Waals surface area contributed by atoms with Crippen molar-refractivity contribution in [3.05, 3.63) is 22.3 Å². The van der Waals surface area contributed by atoms with Crippen LogP contribution in [0.2, 0.25) is 0 Å². The molecule has 0 radical (unpaired) electrons. The minimum absolute atomic E-state index is 0.333. The van der Waals surface area contributed by atoms with Crippen LogP contribution in [0.1, 0.15) is 23.7 Å². The smallest absolute Gasteiger partial charge is 0.344 e. The molecule has 0 bridgehead atoms. The van der Waals surface area contributed by atoms with E-state index in [1.807, 2.05) is 67.8 Å². The second-order valence-corrected chi connectivity index (χ2v) is 6.98. The van der Waals surface area contributed by atoms with E-state index in [4.69, 9.17) is 15.6 Å². The molecule has 1 amide bonds. The minimum atomic E-state index is -1.03. The zero-order valence-corrected chi connectivity index (χ0v) is 16.2. The van der Waals surface area contributed by atoms with Crippen LogP contribution in [0.25, 0.3) is 0 Å². The maximum absolute atomic E-state index is 11.4. The number of hydrogen-bond acceptors (Lipinski definition) is 3. The molecule has 0 saturated heterocycles. The normalized spacial score (nSPS) is 12.0. The van der Waals surface area contributed by atoms with Crippen LogP contribution < -0.4 is 10.5 Å². The van der Waals surface area contributed by atoms with Crippen LogP contribution in [-0.4, -0.2) is 23.1 Å². The molecule has 0 aromatic heterocycles. The van der Waals surface area contributed by atoms with Gasteiger partial charge in [-0.3, -0.25) is 4.79 Å². The third kappa shape index (κ3) is 4.06. The number of ether oxygens (including phenoxy) is 1. The molecule has 5 nitrogen and oxygen atoms in total. The number of nitrogens with two attached hydrogens (primary N) is 1. The largest absolute Gasteiger partial charge is 0.479 e. The van der Waals surface area contributed by atoms with Crippen molar-refractivity contribution in [3.8, 4) is 5.75 Å². The summed E-state index contributed by atoms with van der Waals surface area (Å²) in [5.41, 5.74) is 5.69. The molecule has 1 aromatic carbocycles. The number of primary amides is 1. The molecule has 0 aliphatic carbocycles. The van der Waals surface area contributed by atoms with Crippen molar-refractivity contribution in [2.75, 3.05) is 0 Å². The molecule has 1 aromatic rings. The average Bonchev–Trinajstić information content (AvgIpc) is 2.27. The fourth-order valence-electron chi connectivity index (χ4n) is 1.36. The van der Waals surface area contributed by atoms with Gasteiger partial charge in [0.05, 0.1) is 12.7 Å². The number of benzene rings is 1. The van der Waals surface area contributed by atoms with Crippen molar-refractivity contribution < 1.29 is 19.4 Å². The molecule has 3 N–H and O–H groups in total. The summed E-state index contributed by atoms with van der Waals surface area (Å²) in [6, 6.07) is 1.74. The zero-order chi connectivity index (χ0) is 14.7. The van der Waals surface area contributed by atoms with Gasteiger partial charge in [-0.05, 0) is 80.3 Å². The molecule has 0 heterocycles. The molecule has 0 saturated carbocycles. The minimum Gasteiger partial charge on any atom is -0.479 e. The molecule has 1 rings (SSSR count). The van der Waals surface area contributed by atoms with Crippen molar-refractivity contribution in [3.63, 3.8) is 0 Å². The summed E-state index contributed by atoms with van der Waals surface area (Å²) in [4.78, 5) is 22.5. The highest BCUT2D eigenvalue weighted by Gasteiger charge is 2.24. The van der Waals surface area contributed by atoms with Gasteiger partial charge in [-0.15, -0.1) is 0 Å². The first kappa shape index (κ1) is 17.2. The van der Waals surface area contributed by atoms with E-state index in [-0.39, 0.29) is 0 Å². The standard InChI is InChI=1S/C11H10I3NO4/c1-2-6(11(17)18)19-9-5(13)3-4(12)7(8(9)14)10(15)16/h3,6H,2H2,1H3,(H2,15,16)(H,17,18). The fourth-order valence-corrected chi connectivity index (χ4v) is 5.51. The monoisotopic (exact) mass is 601 g/mol. The molecule has 0 fully saturated rings. The van der Waals surface area contributed by atoms with Crippen LogP contribution in [0.15, 0.2) is 6.07 Å². The van der Waals surface area contributed by atoms with E-state index in [2.05, 4.69) is 0 Å². The summed E-state index contributed by atoms with van der Waals surface area (Å²) in [5.74, 6) is -1.20. The van der Waals surface area contributed by atoms with Crippen molar-refractivity contribution in [2.24, 2.45) is 5.73 Å². The number of carbonyl (C=O) groups excluding carboxylic acids is 1. The maximum Gasteiger partial charge on any atom is 0.344 e. The Kier molecular flexibility index (Phi) is 6.56. The van der Waals surface area contributed by atoms with E-state index in [1.165, 1.54) is 0 Å². The quantitative estimate of drug-likeness (QED) is 0.509. The molecule has 0 aliphatic rings. The fraction of sp³-hybridized carbons (Fsp3) is 0.273. The Morgan fingerprint density at radius 3 is 2.37 bits per heavy atom. The molecular weight excluding hydrogens is 591 g/mol. The topological polar surface area (TPSA) is 89.6 Å². The van der Waals surface area contributed by atoms with Gasteiger partial charge in [0.15, 0.2) is 6.10 Å². The van der Waals surface area contributed by atoms with E-state index < -0.39 is 18.0 Å². The Labute approximate surface area is 151 Å². The molecule has 0 spiro atoms. The highest BCUT2D eigenvalue weighted by Crippen LogP contribution is 2.34. The molecular formula is C11H10I3NO4. The molecule has 0 aliphatic heterocycles. The Balaban J connectivity index is 3.32. The van der Waals surface area contributed by atoms with Crippen LogP contribution >= 0.6 is 67.8 Å². The highest BCUT2D eigenvalue weighted by atomic mass is 127. The van der Waals surface area contributed by atoms with Gasteiger partial charge in [0.1, 0.15) is 5.75 Å². The summed E-state index contributed by atoms with van der Waals surface area (Å²) in [6.45, 7) is 1.72. The van der Waals surface area contributed by atoms with Crippen molar-refractivity contribution >= 4 is 79.6 Å². The number of rotatable bonds is 5. The SMILES string of the molecule is CCC(Oc1c(I)cc(I)c(C(N)=O)c1I)C(=O)O. The van der Waals surface area contributed by atoms with Crippen LogP contribution in [0.5, 0.6) is 5.75 Å². The van der Waals surface area contributed by atoms with Crippen LogP contribution in [-0.2, 0) is 4.79 Å². The molecule has 1 unspecified atom stereocenters. The Bertz CT molecular complexity index is 533. The second kappa shape index (κ2) is 7.24. The zero-order valence-electron chi connectivity index (χ0n) is 9.75. The van der Waals surface area contributed by atoms with Crippen LogP contribution in [0.4, 0.5) is 0 Å². The van der Waals surface area contributed by atoms with Crippen molar-refractivity contribution in [2.45, 2.75) is 19.4 Å². The number of carboxylic acids is 1. The number of amides is 1. The van der Waals surface area contributed by atoms with Crippen molar-refractivity contribution in [1.82, 2.24) is 0 Å². The van der Waals surface area contributed by atoms with Gasteiger partial charge in [0, 0.05) is 3.57 Å². The third-order valence-corrected chi connectivity index (χ3v) is 4.96. The van der Waals surface area contributed by atoms with Gasteiger partial charge in [0.2, 0.25) is 0 Å². The lowest BCUT2D eigenvalue weighted by Gasteiger charge is -2.18. The Morgan fingerprint density at radius 1 is 1.37 bits per heavy atom. The van der Waals surface area contributed by atoms with E-state index in [0.29, 0.717) is 21.3 Å². The number of carbonyl (C=O) groups is 2. The summed E-state index contributed by atoms with van der Waals surface area (Å²) in [5, 5.41) is 9.03. The second-order valence-electron chi connectivity index (χ2n) is 3.58. The summed E-state index contributed by atoms with van der Waals surface area (Å²) in [6.07, 6.45) is -0.609. The van der Waals surface area contributed by atoms with E-state index >= 15 is 0 Å². The molecule has 104 valence electrons. The van der Waals surface area contributed by atoms with Gasteiger partial charge in [0.25, 0.3) is 5.91 Å². The number of aliphatic carboxylic acids is 1. The molecule has 8 heteroatoms.